The lowest BCUT2D eigenvalue weighted by Crippen LogP contribution is -2.82. The minimum atomic E-state index is 0.0613. The highest BCUT2D eigenvalue weighted by Crippen LogP contribution is 2.37. The largest absolute Gasteiger partial charge is 0.497 e. The van der Waals surface area contributed by atoms with E-state index < -0.39 is 0 Å². The van der Waals surface area contributed by atoms with Gasteiger partial charge in [0.05, 0.1) is 19.3 Å². The molecule has 2 rings (SSSR count). The normalized spacial score (nSPS) is 20.9. The third-order valence-corrected chi connectivity index (χ3v) is 5.80. The summed E-state index contributed by atoms with van der Waals surface area (Å²) in [5, 5.41) is 2.47. The quantitative estimate of drug-likeness (QED) is 0.626. The Kier molecular flexibility index (Phi) is 8.43. The number of nitrogens with two attached hydrogens (primary N) is 1. The Bertz CT molecular complexity index is 509. The number of ether oxygens (including phenoxy) is 2. The molecule has 0 saturated carbocycles. The monoisotopic (exact) mass is 362 g/mol. The fraction of sp³-hybridized carbons (Fsp3) is 0.739. The molecule has 3 heteroatoms. The van der Waals surface area contributed by atoms with Crippen LogP contribution in [0.5, 0.6) is 5.75 Å². The standard InChI is InChI=1S/C23H39NO2/c1-18(2)6-9-20(21-13-15-26-23(3,4)16-21)12-14-24-17-19-7-10-22(25-5)11-8-19/h7-8,10-11,18,20-21,24H,6,9,12-17H2,1-5H3/p+1/t20-,21+/m0/s1. The van der Waals surface area contributed by atoms with Gasteiger partial charge in [-0.3, -0.25) is 0 Å². The van der Waals surface area contributed by atoms with E-state index in [1.54, 1.807) is 7.11 Å². The third-order valence-electron chi connectivity index (χ3n) is 5.80. The molecule has 0 bridgehead atoms. The summed E-state index contributed by atoms with van der Waals surface area (Å²) in [5.74, 6) is 3.40. The van der Waals surface area contributed by atoms with E-state index in [4.69, 9.17) is 9.47 Å². The second-order valence-electron chi connectivity index (χ2n) is 9.01. The Balaban J connectivity index is 1.81. The second-order valence-corrected chi connectivity index (χ2v) is 9.01. The molecule has 0 amide bonds. The highest BCUT2D eigenvalue weighted by Gasteiger charge is 2.33. The molecule has 1 aliphatic heterocycles. The van der Waals surface area contributed by atoms with Crippen molar-refractivity contribution in [1.82, 2.24) is 0 Å². The van der Waals surface area contributed by atoms with Crippen LogP contribution in [-0.4, -0.2) is 25.9 Å². The van der Waals surface area contributed by atoms with E-state index in [1.807, 2.05) is 0 Å². The summed E-state index contributed by atoms with van der Waals surface area (Å²) < 4.78 is 11.2. The van der Waals surface area contributed by atoms with Gasteiger partial charge in [-0.1, -0.05) is 20.3 Å². The van der Waals surface area contributed by atoms with Crippen LogP contribution >= 0.6 is 0 Å². The van der Waals surface area contributed by atoms with Gasteiger partial charge in [0.25, 0.3) is 0 Å². The molecule has 0 aromatic heterocycles. The first kappa shape index (κ1) is 21.2. The smallest absolute Gasteiger partial charge is 0.118 e. The molecule has 26 heavy (non-hydrogen) atoms. The van der Waals surface area contributed by atoms with Gasteiger partial charge in [-0.05, 0) is 81.5 Å². The zero-order valence-corrected chi connectivity index (χ0v) is 17.6. The van der Waals surface area contributed by atoms with Crippen LogP contribution in [-0.2, 0) is 11.3 Å². The van der Waals surface area contributed by atoms with Crippen molar-refractivity contribution in [3.63, 3.8) is 0 Å². The lowest BCUT2D eigenvalue weighted by Gasteiger charge is -2.39. The summed E-state index contributed by atoms with van der Waals surface area (Å²) in [5.41, 5.74) is 1.43. The van der Waals surface area contributed by atoms with Gasteiger partial charge in [-0.15, -0.1) is 0 Å². The fourth-order valence-electron chi connectivity index (χ4n) is 4.21. The van der Waals surface area contributed by atoms with Crippen molar-refractivity contribution in [2.24, 2.45) is 17.8 Å². The van der Waals surface area contributed by atoms with Crippen LogP contribution < -0.4 is 10.1 Å². The Morgan fingerprint density at radius 1 is 1.15 bits per heavy atom. The molecule has 148 valence electrons. The van der Waals surface area contributed by atoms with E-state index in [1.165, 1.54) is 44.2 Å². The predicted molar refractivity (Wildman–Crippen MR) is 108 cm³/mol. The van der Waals surface area contributed by atoms with E-state index in [-0.39, 0.29) is 5.60 Å². The predicted octanol–water partition coefficient (Wildman–Crippen LogP) is 4.41. The van der Waals surface area contributed by atoms with Crippen molar-refractivity contribution in [2.75, 3.05) is 20.3 Å². The molecule has 0 unspecified atom stereocenters. The molecule has 1 aliphatic rings. The molecule has 1 aromatic rings. The summed E-state index contributed by atoms with van der Waals surface area (Å²) >= 11 is 0. The van der Waals surface area contributed by atoms with Gasteiger partial charge >= 0.3 is 0 Å². The summed E-state index contributed by atoms with van der Waals surface area (Å²) in [4.78, 5) is 0. The Labute approximate surface area is 160 Å². The summed E-state index contributed by atoms with van der Waals surface area (Å²) in [6.45, 7) is 12.4. The maximum atomic E-state index is 5.96. The highest BCUT2D eigenvalue weighted by atomic mass is 16.5. The van der Waals surface area contributed by atoms with Crippen molar-refractivity contribution >= 4 is 0 Å². The van der Waals surface area contributed by atoms with Crippen molar-refractivity contribution in [3.05, 3.63) is 29.8 Å². The number of benzene rings is 1. The molecule has 1 saturated heterocycles. The Hall–Kier alpha value is -1.06. The lowest BCUT2D eigenvalue weighted by molar-refractivity contribution is -0.671. The summed E-state index contributed by atoms with van der Waals surface area (Å²) in [7, 11) is 1.72. The number of methoxy groups -OCH3 is 1. The zero-order chi connectivity index (χ0) is 19.0. The minimum Gasteiger partial charge on any atom is -0.497 e. The molecule has 3 nitrogen and oxygen atoms in total. The van der Waals surface area contributed by atoms with Crippen LogP contribution in [0.1, 0.15) is 65.4 Å². The zero-order valence-electron chi connectivity index (χ0n) is 17.6. The van der Waals surface area contributed by atoms with Crippen molar-refractivity contribution in [2.45, 2.75) is 71.9 Å². The molecule has 1 aromatic carbocycles. The van der Waals surface area contributed by atoms with Crippen LogP contribution in [0, 0.1) is 17.8 Å². The topological polar surface area (TPSA) is 35.1 Å². The van der Waals surface area contributed by atoms with Crippen LogP contribution in [0.4, 0.5) is 0 Å². The maximum Gasteiger partial charge on any atom is 0.118 e. The number of quaternary nitrogens is 1. The van der Waals surface area contributed by atoms with E-state index in [2.05, 4.69) is 57.3 Å². The molecular formula is C23H40NO2+. The van der Waals surface area contributed by atoms with E-state index in [0.717, 1.165) is 36.7 Å². The maximum absolute atomic E-state index is 5.96. The van der Waals surface area contributed by atoms with Gasteiger partial charge in [-0.25, -0.2) is 0 Å². The second kappa shape index (κ2) is 10.3. The first-order valence-electron chi connectivity index (χ1n) is 10.5. The van der Waals surface area contributed by atoms with Crippen molar-refractivity contribution in [1.29, 1.82) is 0 Å². The lowest BCUT2D eigenvalue weighted by atomic mass is 9.75. The molecule has 2 N–H and O–H groups in total. The van der Waals surface area contributed by atoms with E-state index in [9.17, 15) is 0 Å². The highest BCUT2D eigenvalue weighted by molar-refractivity contribution is 5.26. The van der Waals surface area contributed by atoms with Crippen LogP contribution in [0.3, 0.4) is 0 Å². The van der Waals surface area contributed by atoms with E-state index >= 15 is 0 Å². The van der Waals surface area contributed by atoms with Crippen LogP contribution in [0.25, 0.3) is 0 Å². The number of hydrogen-bond donors (Lipinski definition) is 1. The average molecular weight is 363 g/mol. The SMILES string of the molecule is COc1ccc(C[NH2+]CC[C@H](CCC(C)C)[C@@H]2CCOC(C)(C)C2)cc1. The number of rotatable bonds is 10. The van der Waals surface area contributed by atoms with Gasteiger partial charge in [0, 0.05) is 12.2 Å². The Morgan fingerprint density at radius 3 is 2.50 bits per heavy atom. The summed E-state index contributed by atoms with van der Waals surface area (Å²) in [6, 6.07) is 8.45. The molecule has 0 aliphatic carbocycles. The van der Waals surface area contributed by atoms with Gasteiger partial charge in [-0.2, -0.15) is 0 Å². The van der Waals surface area contributed by atoms with Crippen LogP contribution in [0.2, 0.25) is 0 Å². The molecule has 1 fully saturated rings. The fourth-order valence-corrected chi connectivity index (χ4v) is 4.21. The average Bonchev–Trinajstić information content (AvgIpc) is 2.60. The Morgan fingerprint density at radius 2 is 1.88 bits per heavy atom. The molecule has 1 heterocycles. The van der Waals surface area contributed by atoms with Gasteiger partial charge < -0.3 is 14.8 Å². The van der Waals surface area contributed by atoms with Crippen LogP contribution in [0.15, 0.2) is 24.3 Å². The van der Waals surface area contributed by atoms with Crippen molar-refractivity contribution < 1.29 is 14.8 Å². The van der Waals surface area contributed by atoms with Gasteiger partial charge in [0.2, 0.25) is 0 Å². The van der Waals surface area contributed by atoms with Crippen molar-refractivity contribution in [3.8, 4) is 5.75 Å². The van der Waals surface area contributed by atoms with Gasteiger partial charge in [0.1, 0.15) is 12.3 Å². The third kappa shape index (κ3) is 7.28. The molecule has 0 spiro atoms. The van der Waals surface area contributed by atoms with Gasteiger partial charge in [0.15, 0.2) is 0 Å². The number of hydrogen-bond acceptors (Lipinski definition) is 2. The first-order chi connectivity index (χ1) is 12.4. The summed E-state index contributed by atoms with van der Waals surface area (Å²) in [6.07, 6.45) is 6.50. The minimum absolute atomic E-state index is 0.0613. The first-order valence-corrected chi connectivity index (χ1v) is 10.5. The van der Waals surface area contributed by atoms with E-state index in [0.29, 0.717) is 0 Å². The molecular weight excluding hydrogens is 322 g/mol. The molecule has 2 atom stereocenters. The molecule has 0 radical (unpaired) electrons.